The maximum Gasteiger partial charge on any atom is 0.323 e. The Labute approximate surface area is 137 Å². The lowest BCUT2D eigenvalue weighted by Crippen LogP contribution is -2.35. The summed E-state index contributed by atoms with van der Waals surface area (Å²) in [6, 6.07) is 6.54. The van der Waals surface area contributed by atoms with Crippen LogP contribution in [0.4, 0.5) is 14.5 Å². The monoisotopic (exact) mass is 358 g/mol. The van der Waals surface area contributed by atoms with Crippen LogP contribution in [0.1, 0.15) is 35.0 Å². The third kappa shape index (κ3) is 4.28. The van der Waals surface area contributed by atoms with Crippen LogP contribution in [0.15, 0.2) is 30.5 Å². The molecule has 24 heavy (non-hydrogen) atoms. The molecule has 0 aliphatic rings. The topological polar surface area (TPSA) is 93.1 Å². The van der Waals surface area contributed by atoms with E-state index >= 15 is 0 Å². The quantitative estimate of drug-likeness (QED) is 0.826. The molecular weight excluding hydrogens is 342 g/mol. The zero-order chi connectivity index (χ0) is 17.9. The van der Waals surface area contributed by atoms with Gasteiger partial charge in [-0.05, 0) is 24.1 Å². The Balaban J connectivity index is 2.14. The van der Waals surface area contributed by atoms with E-state index in [2.05, 4.69) is 9.82 Å². The molecule has 0 radical (unpaired) electrons. The second-order valence-corrected chi connectivity index (χ2v) is 6.40. The van der Waals surface area contributed by atoms with Crippen molar-refractivity contribution in [1.82, 2.24) is 14.5 Å². The number of rotatable bonds is 6. The fraction of sp³-hybridized carbons (Fsp3) is 0.286. The smallest absolute Gasteiger partial charge is 0.275 e. The van der Waals surface area contributed by atoms with Gasteiger partial charge in [0.2, 0.25) is 0 Å². The molecule has 7 nitrogen and oxygen atoms in total. The molecule has 2 aromatic rings. The first-order chi connectivity index (χ1) is 11.2. The first kappa shape index (κ1) is 17.9. The number of carbonyl (C=O) groups excluding carboxylic acids is 1. The molecule has 1 aromatic heterocycles. The van der Waals surface area contributed by atoms with Crippen LogP contribution in [0.5, 0.6) is 0 Å². The number of alkyl halides is 2. The predicted octanol–water partition coefficient (Wildman–Crippen LogP) is 2.01. The Hall–Kier alpha value is -2.49. The summed E-state index contributed by atoms with van der Waals surface area (Å²) in [6.07, 6.45) is -1.17. The van der Waals surface area contributed by atoms with Crippen molar-refractivity contribution in [3.63, 3.8) is 0 Å². The Morgan fingerprint density at radius 1 is 1.29 bits per heavy atom. The molecule has 10 heteroatoms. The van der Waals surface area contributed by atoms with Crippen molar-refractivity contribution in [2.45, 2.75) is 19.8 Å². The summed E-state index contributed by atoms with van der Waals surface area (Å²) in [4.78, 5) is 12.0. The molecule has 0 spiro atoms. The van der Waals surface area contributed by atoms with Crippen molar-refractivity contribution in [1.29, 1.82) is 0 Å². The highest BCUT2D eigenvalue weighted by molar-refractivity contribution is 7.91. The van der Waals surface area contributed by atoms with Gasteiger partial charge in [0.1, 0.15) is 5.69 Å². The van der Waals surface area contributed by atoms with Gasteiger partial charge in [-0.3, -0.25) is 14.2 Å². The number of nitrogens with zero attached hydrogens (tertiary/aromatic N) is 2. The number of aromatic nitrogens is 2. The van der Waals surface area contributed by atoms with Crippen molar-refractivity contribution in [3.8, 4) is 0 Å². The maximum atomic E-state index is 12.8. The molecule has 130 valence electrons. The van der Waals surface area contributed by atoms with Gasteiger partial charge in [-0.2, -0.15) is 13.5 Å². The number of carbonyl (C=O) groups is 1. The van der Waals surface area contributed by atoms with E-state index in [1.807, 2.05) is 6.92 Å². The van der Waals surface area contributed by atoms with Gasteiger partial charge in [-0.25, -0.2) is 13.5 Å². The number of hydrogen-bond donors (Lipinski definition) is 2. The SMILES string of the molecule is CCc1ccc(NS(=O)(=O)NC(=O)c2cn(C)nc2C(F)F)cc1. The van der Waals surface area contributed by atoms with E-state index in [4.69, 9.17) is 0 Å². The second-order valence-electron chi connectivity index (χ2n) is 4.99. The van der Waals surface area contributed by atoms with Crippen molar-refractivity contribution in [2.75, 3.05) is 4.72 Å². The Morgan fingerprint density at radius 3 is 2.46 bits per heavy atom. The number of hydrogen-bond acceptors (Lipinski definition) is 4. The number of benzene rings is 1. The van der Waals surface area contributed by atoms with Gasteiger partial charge in [0, 0.05) is 13.2 Å². The minimum atomic E-state index is -4.27. The first-order valence-corrected chi connectivity index (χ1v) is 8.45. The molecule has 2 N–H and O–H groups in total. The lowest BCUT2D eigenvalue weighted by molar-refractivity contribution is 0.0966. The number of nitrogens with one attached hydrogen (secondary N) is 2. The summed E-state index contributed by atoms with van der Waals surface area (Å²) in [6.45, 7) is 1.95. The van der Waals surface area contributed by atoms with Gasteiger partial charge in [0.05, 0.1) is 11.3 Å². The summed E-state index contributed by atoms with van der Waals surface area (Å²) >= 11 is 0. The summed E-state index contributed by atoms with van der Waals surface area (Å²) in [7, 11) is -2.91. The lowest BCUT2D eigenvalue weighted by atomic mass is 10.2. The summed E-state index contributed by atoms with van der Waals surface area (Å²) in [5, 5.41) is 3.45. The van der Waals surface area contributed by atoms with Gasteiger partial charge in [-0.1, -0.05) is 19.1 Å². The fourth-order valence-corrected chi connectivity index (χ4v) is 2.86. The average Bonchev–Trinajstić information content (AvgIpc) is 2.89. The van der Waals surface area contributed by atoms with Crippen LogP contribution in [0.25, 0.3) is 0 Å². The van der Waals surface area contributed by atoms with E-state index in [0.717, 1.165) is 22.9 Å². The standard InChI is InChI=1S/C14H16F2N4O3S/c1-3-9-4-6-10(7-5-9)18-24(22,23)19-14(21)11-8-20(2)17-12(11)13(15)16/h4-8,13,18H,3H2,1-2H3,(H,19,21). The zero-order valence-corrected chi connectivity index (χ0v) is 13.8. The molecule has 1 aromatic carbocycles. The molecule has 0 aliphatic heterocycles. The third-order valence-electron chi connectivity index (χ3n) is 3.15. The Kier molecular flexibility index (Phi) is 5.17. The van der Waals surface area contributed by atoms with Crippen LogP contribution in [0.3, 0.4) is 0 Å². The van der Waals surface area contributed by atoms with Crippen LogP contribution < -0.4 is 9.44 Å². The van der Waals surface area contributed by atoms with Crippen molar-refractivity contribution >= 4 is 21.8 Å². The molecule has 0 saturated heterocycles. The lowest BCUT2D eigenvalue weighted by Gasteiger charge is -2.09. The Bertz CT molecular complexity index is 832. The van der Waals surface area contributed by atoms with Crippen LogP contribution >= 0.6 is 0 Å². The first-order valence-electron chi connectivity index (χ1n) is 6.97. The minimum absolute atomic E-state index is 0.243. The van der Waals surface area contributed by atoms with Gasteiger partial charge in [-0.15, -0.1) is 0 Å². The van der Waals surface area contributed by atoms with Crippen LogP contribution in [0, 0.1) is 0 Å². The van der Waals surface area contributed by atoms with Gasteiger partial charge < -0.3 is 0 Å². The highest BCUT2D eigenvalue weighted by Gasteiger charge is 2.25. The molecule has 1 heterocycles. The largest absolute Gasteiger partial charge is 0.323 e. The van der Waals surface area contributed by atoms with E-state index < -0.39 is 33.8 Å². The summed E-state index contributed by atoms with van der Waals surface area (Å²) < 4.78 is 54.5. The van der Waals surface area contributed by atoms with Crippen molar-refractivity contribution in [2.24, 2.45) is 7.05 Å². The van der Waals surface area contributed by atoms with Gasteiger partial charge in [0.25, 0.3) is 12.3 Å². The minimum Gasteiger partial charge on any atom is -0.275 e. The molecule has 0 bridgehead atoms. The molecule has 2 rings (SSSR count). The highest BCUT2D eigenvalue weighted by Crippen LogP contribution is 2.21. The van der Waals surface area contributed by atoms with Crippen LogP contribution in [-0.4, -0.2) is 24.1 Å². The van der Waals surface area contributed by atoms with Crippen LogP contribution in [0.2, 0.25) is 0 Å². The molecule has 0 atom stereocenters. The maximum absolute atomic E-state index is 12.8. The average molecular weight is 358 g/mol. The van der Waals surface area contributed by atoms with Crippen molar-refractivity contribution in [3.05, 3.63) is 47.3 Å². The van der Waals surface area contributed by atoms with E-state index in [1.54, 1.807) is 16.9 Å². The second kappa shape index (κ2) is 6.95. The van der Waals surface area contributed by atoms with Crippen molar-refractivity contribution < 1.29 is 22.0 Å². The number of aryl methyl sites for hydroxylation is 2. The van der Waals surface area contributed by atoms with Crippen LogP contribution in [-0.2, 0) is 23.7 Å². The zero-order valence-electron chi connectivity index (χ0n) is 13.0. The van der Waals surface area contributed by atoms with Gasteiger partial charge >= 0.3 is 10.2 Å². The summed E-state index contributed by atoms with van der Waals surface area (Å²) in [5.41, 5.74) is -0.0246. The third-order valence-corrected chi connectivity index (χ3v) is 4.11. The molecule has 0 aliphatic carbocycles. The molecular formula is C14H16F2N4O3S. The van der Waals surface area contributed by atoms with E-state index in [1.165, 1.54) is 19.2 Å². The molecule has 0 fully saturated rings. The molecule has 0 unspecified atom stereocenters. The normalized spacial score (nSPS) is 11.5. The number of amides is 1. The number of anilines is 1. The van der Waals surface area contributed by atoms with E-state index in [9.17, 15) is 22.0 Å². The van der Waals surface area contributed by atoms with E-state index in [0.29, 0.717) is 0 Å². The highest BCUT2D eigenvalue weighted by atomic mass is 32.2. The fourth-order valence-electron chi connectivity index (χ4n) is 2.01. The van der Waals surface area contributed by atoms with Gasteiger partial charge in [0.15, 0.2) is 0 Å². The predicted molar refractivity (Wildman–Crippen MR) is 84.0 cm³/mol. The molecule has 0 saturated carbocycles. The van der Waals surface area contributed by atoms with E-state index in [-0.39, 0.29) is 5.69 Å². The summed E-state index contributed by atoms with van der Waals surface area (Å²) in [5.74, 6) is -1.18. The Morgan fingerprint density at radius 2 is 1.92 bits per heavy atom. The molecule has 1 amide bonds. The number of halogens is 2.